The molecule has 1 aromatic carbocycles. The monoisotopic (exact) mass is 231 g/mol. The summed E-state index contributed by atoms with van der Waals surface area (Å²) in [4.78, 5) is 2.72. The minimum absolute atomic E-state index is 0.628. The molecule has 1 aromatic rings. The standard InChI is InChI=1S/C16H25N/c1-12(2)15-10-11-16(17(15)13(3)4)14-8-6-5-7-9-14/h5-9,12-13,15-16H,10-11H2,1-4H3/t15-,16+/m0/s1. The van der Waals surface area contributed by atoms with Crippen molar-refractivity contribution in [1.29, 1.82) is 0 Å². The van der Waals surface area contributed by atoms with Crippen molar-refractivity contribution < 1.29 is 0 Å². The normalized spacial score (nSPS) is 26.0. The first-order valence-corrected chi connectivity index (χ1v) is 6.93. The number of hydrogen-bond acceptors (Lipinski definition) is 1. The Morgan fingerprint density at radius 2 is 1.65 bits per heavy atom. The minimum Gasteiger partial charge on any atom is -0.291 e. The second kappa shape index (κ2) is 5.22. The van der Waals surface area contributed by atoms with Gasteiger partial charge in [-0.15, -0.1) is 0 Å². The van der Waals surface area contributed by atoms with E-state index in [1.54, 1.807) is 0 Å². The molecule has 1 heteroatoms. The zero-order valence-electron chi connectivity index (χ0n) is 11.6. The lowest BCUT2D eigenvalue weighted by molar-refractivity contribution is 0.119. The Morgan fingerprint density at radius 1 is 1.00 bits per heavy atom. The summed E-state index contributed by atoms with van der Waals surface area (Å²) in [6, 6.07) is 13.0. The quantitative estimate of drug-likeness (QED) is 0.751. The largest absolute Gasteiger partial charge is 0.291 e. The van der Waals surface area contributed by atoms with E-state index in [9.17, 15) is 0 Å². The third-order valence-electron chi connectivity index (χ3n) is 4.03. The Balaban J connectivity index is 2.24. The molecular weight excluding hydrogens is 206 g/mol. The van der Waals surface area contributed by atoms with E-state index in [1.165, 1.54) is 18.4 Å². The molecule has 1 fully saturated rings. The van der Waals surface area contributed by atoms with Crippen LogP contribution in [-0.4, -0.2) is 17.0 Å². The van der Waals surface area contributed by atoms with Crippen LogP contribution in [0, 0.1) is 5.92 Å². The Labute approximate surface area is 106 Å². The summed E-state index contributed by atoms with van der Waals surface area (Å²) in [5, 5.41) is 0. The van der Waals surface area contributed by atoms with Crippen molar-refractivity contribution in [3.05, 3.63) is 35.9 Å². The Morgan fingerprint density at radius 3 is 2.18 bits per heavy atom. The number of nitrogens with zero attached hydrogens (tertiary/aromatic N) is 1. The molecule has 1 aliphatic rings. The van der Waals surface area contributed by atoms with Gasteiger partial charge in [0, 0.05) is 18.1 Å². The van der Waals surface area contributed by atoms with Crippen molar-refractivity contribution in [2.75, 3.05) is 0 Å². The van der Waals surface area contributed by atoms with E-state index in [1.807, 2.05) is 0 Å². The van der Waals surface area contributed by atoms with Gasteiger partial charge in [0.2, 0.25) is 0 Å². The van der Waals surface area contributed by atoms with Crippen molar-refractivity contribution in [1.82, 2.24) is 4.90 Å². The molecule has 2 atom stereocenters. The SMILES string of the molecule is CC(C)[C@@H]1CC[C@H](c2ccccc2)N1C(C)C. The first-order chi connectivity index (χ1) is 8.11. The average Bonchev–Trinajstić information content (AvgIpc) is 2.74. The van der Waals surface area contributed by atoms with E-state index >= 15 is 0 Å². The van der Waals surface area contributed by atoms with E-state index in [4.69, 9.17) is 0 Å². The number of likely N-dealkylation sites (tertiary alicyclic amines) is 1. The van der Waals surface area contributed by atoms with Crippen LogP contribution in [0.2, 0.25) is 0 Å². The van der Waals surface area contributed by atoms with E-state index in [0.717, 1.165) is 12.0 Å². The van der Waals surface area contributed by atoms with Gasteiger partial charge in [0.15, 0.2) is 0 Å². The molecule has 2 rings (SSSR count). The maximum Gasteiger partial charge on any atom is 0.0354 e. The molecule has 0 radical (unpaired) electrons. The summed E-state index contributed by atoms with van der Waals surface area (Å²) in [5.41, 5.74) is 1.49. The summed E-state index contributed by atoms with van der Waals surface area (Å²) in [6.07, 6.45) is 2.65. The third-order valence-corrected chi connectivity index (χ3v) is 4.03. The fraction of sp³-hybridized carbons (Fsp3) is 0.625. The van der Waals surface area contributed by atoms with Gasteiger partial charge < -0.3 is 0 Å². The molecule has 0 aromatic heterocycles. The highest BCUT2D eigenvalue weighted by Crippen LogP contribution is 2.40. The van der Waals surface area contributed by atoms with Crippen molar-refractivity contribution in [3.63, 3.8) is 0 Å². The molecule has 17 heavy (non-hydrogen) atoms. The Bertz CT molecular complexity index is 342. The fourth-order valence-corrected chi connectivity index (χ4v) is 3.29. The maximum atomic E-state index is 2.72. The van der Waals surface area contributed by atoms with Gasteiger partial charge in [-0.3, -0.25) is 4.90 Å². The van der Waals surface area contributed by atoms with Gasteiger partial charge in [-0.25, -0.2) is 0 Å². The Hall–Kier alpha value is -0.820. The highest BCUT2D eigenvalue weighted by molar-refractivity contribution is 5.21. The van der Waals surface area contributed by atoms with E-state index in [-0.39, 0.29) is 0 Å². The number of rotatable bonds is 3. The maximum absolute atomic E-state index is 2.72. The van der Waals surface area contributed by atoms with Crippen LogP contribution in [0.5, 0.6) is 0 Å². The topological polar surface area (TPSA) is 3.24 Å². The van der Waals surface area contributed by atoms with E-state index in [0.29, 0.717) is 12.1 Å². The third kappa shape index (κ3) is 2.55. The molecule has 1 heterocycles. The molecule has 1 aliphatic heterocycles. The number of hydrogen-bond donors (Lipinski definition) is 0. The average molecular weight is 231 g/mol. The first-order valence-electron chi connectivity index (χ1n) is 6.93. The van der Waals surface area contributed by atoms with Crippen molar-refractivity contribution >= 4 is 0 Å². The summed E-state index contributed by atoms with van der Waals surface area (Å²) in [5.74, 6) is 0.756. The fourth-order valence-electron chi connectivity index (χ4n) is 3.29. The molecule has 1 saturated heterocycles. The number of benzene rings is 1. The van der Waals surface area contributed by atoms with Gasteiger partial charge in [0.25, 0.3) is 0 Å². The van der Waals surface area contributed by atoms with Crippen LogP contribution in [0.1, 0.15) is 52.1 Å². The Kier molecular flexibility index (Phi) is 3.88. The van der Waals surface area contributed by atoms with Crippen LogP contribution in [-0.2, 0) is 0 Å². The lowest BCUT2D eigenvalue weighted by Gasteiger charge is -2.36. The summed E-state index contributed by atoms with van der Waals surface area (Å²) in [7, 11) is 0. The van der Waals surface area contributed by atoms with Crippen LogP contribution in [0.3, 0.4) is 0 Å². The van der Waals surface area contributed by atoms with Crippen molar-refractivity contribution in [2.45, 2.75) is 58.7 Å². The summed E-state index contributed by atoms with van der Waals surface area (Å²) < 4.78 is 0. The van der Waals surface area contributed by atoms with Crippen LogP contribution < -0.4 is 0 Å². The molecule has 0 spiro atoms. The van der Waals surface area contributed by atoms with Gasteiger partial charge in [-0.05, 0) is 38.2 Å². The second-order valence-electron chi connectivity index (χ2n) is 5.86. The predicted molar refractivity (Wildman–Crippen MR) is 74.0 cm³/mol. The summed E-state index contributed by atoms with van der Waals surface area (Å²) >= 11 is 0. The zero-order valence-corrected chi connectivity index (χ0v) is 11.6. The van der Waals surface area contributed by atoms with Crippen molar-refractivity contribution in [3.8, 4) is 0 Å². The van der Waals surface area contributed by atoms with Crippen LogP contribution in [0.4, 0.5) is 0 Å². The molecule has 0 unspecified atom stereocenters. The van der Waals surface area contributed by atoms with Crippen LogP contribution in [0.15, 0.2) is 30.3 Å². The molecule has 0 saturated carbocycles. The highest BCUT2D eigenvalue weighted by Gasteiger charge is 2.36. The van der Waals surface area contributed by atoms with Crippen LogP contribution >= 0.6 is 0 Å². The molecule has 0 amide bonds. The van der Waals surface area contributed by atoms with Gasteiger partial charge in [-0.2, -0.15) is 0 Å². The van der Waals surface area contributed by atoms with Gasteiger partial charge in [0.1, 0.15) is 0 Å². The lowest BCUT2D eigenvalue weighted by atomic mass is 10.0. The highest BCUT2D eigenvalue weighted by atomic mass is 15.2. The molecule has 0 bridgehead atoms. The second-order valence-corrected chi connectivity index (χ2v) is 5.86. The van der Waals surface area contributed by atoms with Gasteiger partial charge >= 0.3 is 0 Å². The molecule has 94 valence electrons. The lowest BCUT2D eigenvalue weighted by Crippen LogP contribution is -2.40. The van der Waals surface area contributed by atoms with Gasteiger partial charge in [0.05, 0.1) is 0 Å². The molecule has 1 nitrogen and oxygen atoms in total. The minimum atomic E-state index is 0.628. The van der Waals surface area contributed by atoms with E-state index < -0.39 is 0 Å². The smallest absolute Gasteiger partial charge is 0.0354 e. The molecule has 0 N–H and O–H groups in total. The predicted octanol–water partition coefficient (Wildman–Crippen LogP) is 4.26. The molecular formula is C16H25N. The first kappa shape index (κ1) is 12.6. The molecule has 0 aliphatic carbocycles. The van der Waals surface area contributed by atoms with Gasteiger partial charge in [-0.1, -0.05) is 44.2 Å². The zero-order chi connectivity index (χ0) is 12.4. The summed E-state index contributed by atoms with van der Waals surface area (Å²) in [6.45, 7) is 9.37. The van der Waals surface area contributed by atoms with Crippen LogP contribution in [0.25, 0.3) is 0 Å². The van der Waals surface area contributed by atoms with E-state index in [2.05, 4.69) is 62.9 Å². The van der Waals surface area contributed by atoms with Crippen molar-refractivity contribution in [2.24, 2.45) is 5.92 Å².